The molecule has 0 aliphatic carbocycles. The molecule has 0 atom stereocenters. The van der Waals surface area contributed by atoms with Gasteiger partial charge in [-0.25, -0.2) is 0 Å². The van der Waals surface area contributed by atoms with Crippen molar-refractivity contribution in [1.82, 2.24) is 9.55 Å². The molecular formula is C16H11Cl2N3O2S2. The summed E-state index contributed by atoms with van der Waals surface area (Å²) in [6, 6.07) is 8.62. The topological polar surface area (TPSA) is 70.4 Å². The van der Waals surface area contributed by atoms with E-state index < -0.39 is 5.56 Å². The molecular weight excluding hydrogens is 401 g/mol. The Balaban J connectivity index is 2.05. The first-order valence-electron chi connectivity index (χ1n) is 7.03. The number of hydrogen-bond acceptors (Lipinski definition) is 5. The second kappa shape index (κ2) is 7.53. The summed E-state index contributed by atoms with van der Waals surface area (Å²) in [6.07, 6.45) is 1.33. The van der Waals surface area contributed by atoms with Crippen LogP contribution < -0.4 is 5.56 Å². The molecule has 0 saturated heterocycles. The lowest BCUT2D eigenvalue weighted by Gasteiger charge is -2.11. The molecule has 0 saturated carbocycles. The van der Waals surface area contributed by atoms with Gasteiger partial charge >= 0.3 is 0 Å². The van der Waals surface area contributed by atoms with E-state index in [9.17, 15) is 9.90 Å². The van der Waals surface area contributed by atoms with Gasteiger partial charge in [0.25, 0.3) is 5.56 Å². The summed E-state index contributed by atoms with van der Waals surface area (Å²) in [7, 11) is 0. The maximum absolute atomic E-state index is 12.1. The van der Waals surface area contributed by atoms with Crippen LogP contribution in [0.3, 0.4) is 0 Å². The molecule has 128 valence electrons. The number of nitrogens with zero attached hydrogens (tertiary/aromatic N) is 2. The van der Waals surface area contributed by atoms with Crippen LogP contribution in [0.4, 0.5) is 0 Å². The molecule has 3 rings (SSSR count). The molecule has 9 heteroatoms. The lowest BCUT2D eigenvalue weighted by atomic mass is 10.3. The first-order valence-corrected chi connectivity index (χ1v) is 9.07. The summed E-state index contributed by atoms with van der Waals surface area (Å²) in [5.41, 5.74) is -0.0361. The Morgan fingerprint density at radius 2 is 2.12 bits per heavy atom. The molecule has 2 heterocycles. The van der Waals surface area contributed by atoms with E-state index in [0.29, 0.717) is 22.3 Å². The molecule has 0 amide bonds. The van der Waals surface area contributed by atoms with Crippen molar-refractivity contribution in [2.75, 3.05) is 0 Å². The van der Waals surface area contributed by atoms with Gasteiger partial charge in [-0.05, 0) is 41.9 Å². The lowest BCUT2D eigenvalue weighted by molar-refractivity contribution is 0.432. The number of aromatic nitrogens is 2. The average molecular weight is 412 g/mol. The van der Waals surface area contributed by atoms with Crippen molar-refractivity contribution >= 4 is 53.0 Å². The molecule has 0 fully saturated rings. The van der Waals surface area contributed by atoms with Crippen LogP contribution >= 0.6 is 46.8 Å². The summed E-state index contributed by atoms with van der Waals surface area (Å²) in [4.78, 5) is 19.9. The van der Waals surface area contributed by atoms with E-state index in [1.165, 1.54) is 10.8 Å². The van der Waals surface area contributed by atoms with Crippen molar-refractivity contribution in [2.24, 2.45) is 4.99 Å². The number of aromatic amines is 1. The van der Waals surface area contributed by atoms with Crippen LogP contribution in [0, 0.1) is 4.77 Å². The lowest BCUT2D eigenvalue weighted by Crippen LogP contribution is -2.18. The van der Waals surface area contributed by atoms with E-state index in [4.69, 9.17) is 35.4 Å². The number of H-pyrrole nitrogens is 1. The Morgan fingerprint density at radius 1 is 1.32 bits per heavy atom. The highest BCUT2D eigenvalue weighted by molar-refractivity contribution is 7.71. The molecule has 3 aromatic rings. The minimum absolute atomic E-state index is 0.0104. The molecule has 0 spiro atoms. The van der Waals surface area contributed by atoms with Crippen LogP contribution in [0.15, 0.2) is 45.5 Å². The molecule has 25 heavy (non-hydrogen) atoms. The van der Waals surface area contributed by atoms with Crippen molar-refractivity contribution in [2.45, 2.75) is 6.54 Å². The zero-order valence-corrected chi connectivity index (χ0v) is 15.7. The number of halogens is 2. The molecule has 0 unspecified atom stereocenters. The number of benzene rings is 1. The molecule has 1 aromatic carbocycles. The van der Waals surface area contributed by atoms with Gasteiger partial charge in [-0.1, -0.05) is 29.3 Å². The molecule has 0 aliphatic rings. The predicted molar refractivity (Wildman–Crippen MR) is 105 cm³/mol. The number of hydrogen-bond donors (Lipinski definition) is 2. The fourth-order valence-electron chi connectivity index (χ4n) is 2.15. The van der Waals surface area contributed by atoms with E-state index in [0.717, 1.165) is 4.88 Å². The SMILES string of the molecule is O=c1[nH]c(=S)n(-c2ccc(Cl)c(Cl)c2)c(O)c1C=NCc1cccs1. The molecule has 2 N–H and O–H groups in total. The second-order valence-electron chi connectivity index (χ2n) is 4.98. The van der Waals surface area contributed by atoms with Gasteiger partial charge in [-0.15, -0.1) is 11.3 Å². The van der Waals surface area contributed by atoms with Gasteiger partial charge in [-0.3, -0.25) is 19.3 Å². The highest BCUT2D eigenvalue weighted by Gasteiger charge is 2.13. The fourth-order valence-corrected chi connectivity index (χ4v) is 3.36. The van der Waals surface area contributed by atoms with Crippen molar-refractivity contribution in [3.63, 3.8) is 0 Å². The third-order valence-corrected chi connectivity index (χ3v) is 5.21. The number of aliphatic imine (C=N–C) groups is 1. The zero-order chi connectivity index (χ0) is 18.0. The van der Waals surface area contributed by atoms with Crippen LogP contribution in [0.2, 0.25) is 10.0 Å². The van der Waals surface area contributed by atoms with Crippen LogP contribution in [-0.2, 0) is 6.54 Å². The molecule has 0 bridgehead atoms. The van der Waals surface area contributed by atoms with Crippen molar-refractivity contribution < 1.29 is 5.11 Å². The van der Waals surface area contributed by atoms with Crippen molar-refractivity contribution in [1.29, 1.82) is 0 Å². The van der Waals surface area contributed by atoms with Crippen LogP contribution in [0.1, 0.15) is 10.4 Å². The van der Waals surface area contributed by atoms with E-state index in [1.54, 1.807) is 29.5 Å². The van der Waals surface area contributed by atoms with Gasteiger partial charge in [0.2, 0.25) is 5.88 Å². The summed E-state index contributed by atoms with van der Waals surface area (Å²) in [5.74, 6) is -0.318. The first kappa shape index (κ1) is 17.9. The number of aromatic hydroxyl groups is 1. The van der Waals surface area contributed by atoms with Crippen molar-refractivity contribution in [3.05, 3.63) is 71.3 Å². The Kier molecular flexibility index (Phi) is 5.39. The monoisotopic (exact) mass is 411 g/mol. The Bertz CT molecular complexity index is 1060. The van der Waals surface area contributed by atoms with Gasteiger partial charge in [0.05, 0.1) is 22.3 Å². The summed E-state index contributed by atoms with van der Waals surface area (Å²) in [5, 5.41) is 13.2. The quantitative estimate of drug-likeness (QED) is 0.487. The smallest absolute Gasteiger partial charge is 0.264 e. The molecule has 0 aliphatic heterocycles. The highest BCUT2D eigenvalue weighted by Crippen LogP contribution is 2.27. The Hall–Kier alpha value is -1.93. The van der Waals surface area contributed by atoms with Gasteiger partial charge in [0, 0.05) is 11.1 Å². The summed E-state index contributed by atoms with van der Waals surface area (Å²) < 4.78 is 1.34. The molecule has 2 aromatic heterocycles. The van der Waals surface area contributed by atoms with Crippen molar-refractivity contribution in [3.8, 4) is 11.6 Å². The normalized spacial score (nSPS) is 11.3. The standard InChI is InChI=1S/C16H11Cl2N3O2S2/c17-12-4-3-9(6-13(12)18)21-15(23)11(14(22)20-16(21)24)8-19-7-10-2-1-5-25-10/h1-6,8,23H,7H2,(H,20,22,24). The summed E-state index contributed by atoms with van der Waals surface area (Å²) >= 11 is 18.6. The maximum Gasteiger partial charge on any atom is 0.264 e. The van der Waals surface area contributed by atoms with Crippen LogP contribution in [0.25, 0.3) is 5.69 Å². The third kappa shape index (κ3) is 3.85. The van der Waals surface area contributed by atoms with E-state index in [-0.39, 0.29) is 16.2 Å². The number of rotatable bonds is 4. The van der Waals surface area contributed by atoms with Gasteiger partial charge in [0.15, 0.2) is 4.77 Å². The fraction of sp³-hybridized carbons (Fsp3) is 0.0625. The van der Waals surface area contributed by atoms with Crippen LogP contribution in [0.5, 0.6) is 5.88 Å². The minimum atomic E-state index is -0.520. The predicted octanol–water partition coefficient (Wildman–Crippen LogP) is 4.59. The first-order chi connectivity index (χ1) is 12.0. The Labute approximate surface area is 161 Å². The minimum Gasteiger partial charge on any atom is -0.494 e. The largest absolute Gasteiger partial charge is 0.494 e. The number of thiophene rings is 1. The Morgan fingerprint density at radius 3 is 2.80 bits per heavy atom. The zero-order valence-electron chi connectivity index (χ0n) is 12.6. The van der Waals surface area contributed by atoms with Crippen LogP contribution in [-0.4, -0.2) is 20.9 Å². The van der Waals surface area contributed by atoms with E-state index in [2.05, 4.69) is 9.98 Å². The molecule has 0 radical (unpaired) electrons. The third-order valence-electron chi connectivity index (χ3n) is 3.33. The van der Waals surface area contributed by atoms with Gasteiger partial charge < -0.3 is 5.11 Å². The molecule has 5 nitrogen and oxygen atoms in total. The van der Waals surface area contributed by atoms with E-state index in [1.807, 2.05) is 17.5 Å². The second-order valence-corrected chi connectivity index (χ2v) is 7.21. The van der Waals surface area contributed by atoms with Gasteiger partial charge in [0.1, 0.15) is 5.56 Å². The van der Waals surface area contributed by atoms with E-state index >= 15 is 0 Å². The maximum atomic E-state index is 12.1. The number of nitrogens with one attached hydrogen (secondary N) is 1. The summed E-state index contributed by atoms with van der Waals surface area (Å²) in [6.45, 7) is 0.416. The highest BCUT2D eigenvalue weighted by atomic mass is 35.5. The van der Waals surface area contributed by atoms with Gasteiger partial charge in [-0.2, -0.15) is 0 Å². The average Bonchev–Trinajstić information content (AvgIpc) is 3.07.